The molecule has 31 heavy (non-hydrogen) atoms. The molecule has 2 aliphatic heterocycles. The third kappa shape index (κ3) is 3.95. The molecule has 0 aromatic carbocycles. The average Bonchev–Trinajstić information content (AvgIpc) is 3.48. The van der Waals surface area contributed by atoms with Crippen molar-refractivity contribution in [2.75, 3.05) is 18.0 Å². The first kappa shape index (κ1) is 20.5. The molecule has 2 aromatic heterocycles. The molecule has 2 aromatic rings. The smallest absolute Gasteiger partial charge is 0.275 e. The average molecular weight is 441 g/mol. The van der Waals surface area contributed by atoms with E-state index in [0.717, 1.165) is 36.5 Å². The number of carbonyl (C=O) groups excluding carboxylic acids is 2. The second kappa shape index (κ2) is 8.61. The van der Waals surface area contributed by atoms with Crippen LogP contribution >= 0.6 is 11.5 Å². The lowest BCUT2D eigenvalue weighted by atomic mass is 9.88. The molecular weight excluding hydrogens is 412 g/mol. The molecule has 0 spiro atoms. The summed E-state index contributed by atoms with van der Waals surface area (Å²) in [5, 5.41) is 5.63. The third-order valence-electron chi connectivity index (χ3n) is 6.91. The number of fused-ring (bicyclic) bond motifs is 1. The summed E-state index contributed by atoms with van der Waals surface area (Å²) in [6, 6.07) is -0.188. The van der Waals surface area contributed by atoms with Gasteiger partial charge in [0.25, 0.3) is 5.91 Å². The molecule has 0 N–H and O–H groups in total. The van der Waals surface area contributed by atoms with E-state index in [4.69, 9.17) is 9.97 Å². The summed E-state index contributed by atoms with van der Waals surface area (Å²) < 4.78 is 3.83. The predicted octanol–water partition coefficient (Wildman–Crippen LogP) is 3.47. The van der Waals surface area contributed by atoms with Crippen molar-refractivity contribution in [3.63, 3.8) is 0 Å². The van der Waals surface area contributed by atoms with E-state index in [9.17, 15) is 9.59 Å². The van der Waals surface area contributed by atoms with Crippen LogP contribution in [0.1, 0.15) is 85.0 Å². The molecule has 1 unspecified atom stereocenters. The molecule has 0 bridgehead atoms. The summed E-state index contributed by atoms with van der Waals surface area (Å²) >= 11 is 1.18. The number of hydrogen-bond acceptors (Lipinski definition) is 7. The molecule has 1 atom stereocenters. The highest BCUT2D eigenvalue weighted by Crippen LogP contribution is 2.36. The van der Waals surface area contributed by atoms with Gasteiger partial charge in [0.15, 0.2) is 11.5 Å². The van der Waals surface area contributed by atoms with Crippen molar-refractivity contribution >= 4 is 29.2 Å². The van der Waals surface area contributed by atoms with Gasteiger partial charge in [0.05, 0.1) is 6.04 Å². The van der Waals surface area contributed by atoms with Crippen LogP contribution in [0, 0.1) is 12.8 Å². The fraction of sp³-hybridized carbons (Fsp3) is 0.636. The van der Waals surface area contributed by atoms with Crippen LogP contribution in [0.5, 0.6) is 0 Å². The largest absolute Gasteiger partial charge is 0.327 e. The van der Waals surface area contributed by atoms with Crippen LogP contribution in [0.15, 0.2) is 5.38 Å². The van der Waals surface area contributed by atoms with E-state index in [1.165, 1.54) is 43.6 Å². The third-order valence-corrected chi connectivity index (χ3v) is 7.42. The summed E-state index contributed by atoms with van der Waals surface area (Å²) in [6.07, 6.45) is 9.10. The molecule has 3 aliphatic rings. The fourth-order valence-corrected chi connectivity index (χ4v) is 5.68. The predicted molar refractivity (Wildman–Crippen MR) is 117 cm³/mol. The van der Waals surface area contributed by atoms with Crippen LogP contribution < -0.4 is 4.90 Å². The van der Waals surface area contributed by atoms with E-state index in [1.54, 1.807) is 5.38 Å². The Balaban J connectivity index is 1.46. The van der Waals surface area contributed by atoms with Crippen molar-refractivity contribution in [3.05, 3.63) is 28.2 Å². The van der Waals surface area contributed by atoms with Crippen LogP contribution in [0.2, 0.25) is 0 Å². The molecule has 8 nitrogen and oxygen atoms in total. The van der Waals surface area contributed by atoms with Crippen LogP contribution in [0.4, 0.5) is 5.82 Å². The highest BCUT2D eigenvalue weighted by Gasteiger charge is 2.36. The van der Waals surface area contributed by atoms with Crippen molar-refractivity contribution in [1.82, 2.24) is 24.5 Å². The Kier molecular flexibility index (Phi) is 5.69. The lowest BCUT2D eigenvalue weighted by Gasteiger charge is -2.34. The lowest BCUT2D eigenvalue weighted by molar-refractivity contribution is -0.119. The number of nitrogens with zero attached hydrogens (tertiary/aromatic N) is 6. The number of hydrogen-bond donors (Lipinski definition) is 0. The number of rotatable bonds is 4. The number of likely N-dealkylation sites (tertiary alicyclic amines) is 1. The minimum absolute atomic E-state index is 0.120. The van der Waals surface area contributed by atoms with Gasteiger partial charge in [-0.05, 0) is 56.5 Å². The SMILES string of the molecule is Cc1nc(C2CCCN2C(=O)c2csnn2)nc2c1CCC(=O)N2CC1CCCCC1. The molecule has 0 radical (unpaired) electrons. The van der Waals surface area contributed by atoms with Gasteiger partial charge < -0.3 is 4.90 Å². The van der Waals surface area contributed by atoms with Gasteiger partial charge in [-0.25, -0.2) is 9.97 Å². The topological polar surface area (TPSA) is 92.2 Å². The highest BCUT2D eigenvalue weighted by molar-refractivity contribution is 7.03. The monoisotopic (exact) mass is 440 g/mol. The highest BCUT2D eigenvalue weighted by atomic mass is 32.1. The summed E-state index contributed by atoms with van der Waals surface area (Å²) in [6.45, 7) is 3.41. The van der Waals surface area contributed by atoms with Crippen molar-refractivity contribution < 1.29 is 9.59 Å². The molecule has 4 heterocycles. The van der Waals surface area contributed by atoms with Gasteiger partial charge in [0.1, 0.15) is 5.82 Å². The van der Waals surface area contributed by atoms with Crippen LogP contribution in [0.25, 0.3) is 0 Å². The molecule has 1 saturated heterocycles. The van der Waals surface area contributed by atoms with Crippen molar-refractivity contribution in [3.8, 4) is 0 Å². The van der Waals surface area contributed by atoms with Gasteiger partial charge in [-0.15, -0.1) is 5.10 Å². The number of aromatic nitrogens is 4. The van der Waals surface area contributed by atoms with E-state index in [1.807, 2.05) is 16.7 Å². The van der Waals surface area contributed by atoms with Crippen molar-refractivity contribution in [2.24, 2.45) is 5.92 Å². The fourth-order valence-electron chi connectivity index (χ4n) is 5.25. The van der Waals surface area contributed by atoms with Gasteiger partial charge in [-0.1, -0.05) is 23.8 Å². The van der Waals surface area contributed by atoms with Gasteiger partial charge in [-0.2, -0.15) is 0 Å². The Hall–Kier alpha value is -2.42. The van der Waals surface area contributed by atoms with Crippen LogP contribution in [0.3, 0.4) is 0 Å². The molecule has 164 valence electrons. The molecular formula is C22H28N6O2S. The Morgan fingerprint density at radius 3 is 2.74 bits per heavy atom. The van der Waals surface area contributed by atoms with E-state index in [0.29, 0.717) is 36.8 Å². The zero-order chi connectivity index (χ0) is 21.4. The molecule has 1 saturated carbocycles. The van der Waals surface area contributed by atoms with Crippen molar-refractivity contribution in [2.45, 2.75) is 70.8 Å². The molecule has 2 fully saturated rings. The van der Waals surface area contributed by atoms with E-state index >= 15 is 0 Å². The van der Waals surface area contributed by atoms with Gasteiger partial charge in [-0.3, -0.25) is 14.5 Å². The molecule has 9 heteroatoms. The first-order chi connectivity index (χ1) is 15.1. The zero-order valence-electron chi connectivity index (χ0n) is 17.9. The number of anilines is 1. The molecule has 1 aliphatic carbocycles. The molecule has 2 amide bonds. The van der Waals surface area contributed by atoms with E-state index in [-0.39, 0.29) is 17.9 Å². The normalized spacial score (nSPS) is 22.1. The lowest BCUT2D eigenvalue weighted by Crippen LogP contribution is -2.41. The second-order valence-corrected chi connectivity index (χ2v) is 9.53. The van der Waals surface area contributed by atoms with Crippen LogP contribution in [-0.4, -0.2) is 49.4 Å². The summed E-state index contributed by atoms with van der Waals surface area (Å²) in [4.78, 5) is 39.3. The first-order valence-electron chi connectivity index (χ1n) is 11.4. The summed E-state index contributed by atoms with van der Waals surface area (Å²) in [5.41, 5.74) is 2.38. The maximum absolute atomic E-state index is 13.0. The number of aryl methyl sites for hydroxylation is 1. The van der Waals surface area contributed by atoms with E-state index < -0.39 is 0 Å². The second-order valence-electron chi connectivity index (χ2n) is 8.92. The zero-order valence-corrected chi connectivity index (χ0v) is 18.7. The first-order valence-corrected chi connectivity index (χ1v) is 12.2. The minimum atomic E-state index is -0.188. The Bertz CT molecular complexity index is 973. The maximum atomic E-state index is 13.0. The Labute approximate surface area is 186 Å². The Morgan fingerprint density at radius 1 is 1.13 bits per heavy atom. The van der Waals surface area contributed by atoms with Gasteiger partial charge in [0, 0.05) is 36.1 Å². The minimum Gasteiger partial charge on any atom is -0.327 e. The maximum Gasteiger partial charge on any atom is 0.275 e. The molecule has 5 rings (SSSR count). The van der Waals surface area contributed by atoms with Gasteiger partial charge in [0.2, 0.25) is 5.91 Å². The number of amides is 2. The summed E-state index contributed by atoms with van der Waals surface area (Å²) in [7, 11) is 0. The number of carbonyl (C=O) groups is 2. The van der Waals surface area contributed by atoms with Crippen molar-refractivity contribution in [1.29, 1.82) is 0 Å². The standard InChI is InChI=1S/C22H28N6O2S/c1-14-16-9-10-19(29)28(12-15-6-3-2-4-7-15)21(16)24-20(23-14)18-8-5-11-27(18)22(30)17-13-31-26-25-17/h13,15,18H,2-12H2,1H3. The van der Waals surface area contributed by atoms with E-state index in [2.05, 4.69) is 9.59 Å². The quantitative estimate of drug-likeness (QED) is 0.723. The Morgan fingerprint density at radius 2 is 1.97 bits per heavy atom. The van der Waals surface area contributed by atoms with Gasteiger partial charge >= 0.3 is 0 Å². The van der Waals surface area contributed by atoms with Crippen LogP contribution in [-0.2, 0) is 11.2 Å². The summed E-state index contributed by atoms with van der Waals surface area (Å²) in [5.74, 6) is 2.01.